The van der Waals surface area contributed by atoms with E-state index in [0.29, 0.717) is 32.1 Å². The first-order valence-electron chi connectivity index (χ1n) is 7.41. The molecule has 1 aromatic heterocycles. The van der Waals surface area contributed by atoms with Crippen molar-refractivity contribution in [3.63, 3.8) is 0 Å². The molecular formula is C14H24N6O2. The Morgan fingerprint density at radius 3 is 2.82 bits per heavy atom. The van der Waals surface area contributed by atoms with Gasteiger partial charge in [0.15, 0.2) is 0 Å². The van der Waals surface area contributed by atoms with Crippen LogP contribution in [0.1, 0.15) is 5.69 Å². The molecule has 1 saturated heterocycles. The van der Waals surface area contributed by atoms with Crippen LogP contribution in [0.25, 0.3) is 0 Å². The minimum Gasteiger partial charge on any atom is -0.390 e. The van der Waals surface area contributed by atoms with Gasteiger partial charge < -0.3 is 20.6 Å². The maximum absolute atomic E-state index is 11.5. The van der Waals surface area contributed by atoms with Crippen molar-refractivity contribution in [2.24, 2.45) is 0 Å². The Hall–Kier alpha value is -1.93. The summed E-state index contributed by atoms with van der Waals surface area (Å²) in [6.45, 7) is 4.47. The largest absolute Gasteiger partial charge is 0.390 e. The number of hydrogen-bond acceptors (Lipinski definition) is 7. The summed E-state index contributed by atoms with van der Waals surface area (Å²) in [6, 6.07) is 1.87. The van der Waals surface area contributed by atoms with Gasteiger partial charge in [-0.3, -0.25) is 9.69 Å². The average molecular weight is 308 g/mol. The predicted molar refractivity (Wildman–Crippen MR) is 85.0 cm³/mol. The van der Waals surface area contributed by atoms with Crippen molar-refractivity contribution < 1.29 is 9.90 Å². The van der Waals surface area contributed by atoms with Crippen molar-refractivity contribution in [3.8, 4) is 0 Å². The second kappa shape index (κ2) is 7.37. The summed E-state index contributed by atoms with van der Waals surface area (Å²) in [5.74, 6) is 1.30. The van der Waals surface area contributed by atoms with E-state index in [1.54, 1.807) is 7.05 Å². The number of aromatic nitrogens is 2. The molecule has 0 bridgehead atoms. The number of hydrogen-bond donors (Lipinski definition) is 3. The molecule has 8 heteroatoms. The Balaban J connectivity index is 2.10. The van der Waals surface area contributed by atoms with Crippen LogP contribution in [0.5, 0.6) is 0 Å². The van der Waals surface area contributed by atoms with E-state index in [-0.39, 0.29) is 12.5 Å². The van der Waals surface area contributed by atoms with E-state index < -0.39 is 6.10 Å². The van der Waals surface area contributed by atoms with Gasteiger partial charge in [-0.05, 0) is 6.92 Å². The van der Waals surface area contributed by atoms with Crippen LogP contribution in [0.15, 0.2) is 6.07 Å². The number of aliphatic hydroxyl groups is 1. The van der Waals surface area contributed by atoms with Gasteiger partial charge in [0.2, 0.25) is 11.9 Å². The molecule has 3 N–H and O–H groups in total. The summed E-state index contributed by atoms with van der Waals surface area (Å²) in [5.41, 5.74) is 0.871. The number of carbonyl (C=O) groups is 1. The Labute approximate surface area is 130 Å². The molecule has 0 saturated carbocycles. The number of aliphatic hydroxyl groups excluding tert-OH is 1. The number of β-amino-alcohol motifs (C(OH)–C–C–N with tert-alkyl or cyclic N) is 1. The number of anilines is 2. The summed E-state index contributed by atoms with van der Waals surface area (Å²) < 4.78 is 0. The highest BCUT2D eigenvalue weighted by atomic mass is 16.3. The van der Waals surface area contributed by atoms with Crippen LogP contribution in [0.2, 0.25) is 0 Å². The molecule has 1 aromatic rings. The van der Waals surface area contributed by atoms with Crippen LogP contribution in [0.3, 0.4) is 0 Å². The summed E-state index contributed by atoms with van der Waals surface area (Å²) in [4.78, 5) is 24.3. The fraction of sp³-hybridized carbons (Fsp3) is 0.643. The lowest BCUT2D eigenvalue weighted by atomic mass is 10.3. The maximum atomic E-state index is 11.5. The first kappa shape index (κ1) is 16.4. The van der Waals surface area contributed by atoms with Gasteiger partial charge in [0.25, 0.3) is 0 Å². The molecule has 0 unspecified atom stereocenters. The van der Waals surface area contributed by atoms with E-state index in [1.807, 2.05) is 29.8 Å². The lowest BCUT2D eigenvalue weighted by Crippen LogP contribution is -2.40. The fourth-order valence-corrected chi connectivity index (χ4v) is 2.48. The van der Waals surface area contributed by atoms with Crippen molar-refractivity contribution in [2.75, 3.05) is 57.0 Å². The number of amides is 1. The van der Waals surface area contributed by atoms with E-state index >= 15 is 0 Å². The van der Waals surface area contributed by atoms with E-state index in [2.05, 4.69) is 20.6 Å². The monoisotopic (exact) mass is 308 g/mol. The minimum atomic E-state index is -0.547. The van der Waals surface area contributed by atoms with Crippen LogP contribution in [-0.4, -0.2) is 78.8 Å². The van der Waals surface area contributed by atoms with Gasteiger partial charge in [0, 0.05) is 52.0 Å². The minimum absolute atomic E-state index is 0.0510. The van der Waals surface area contributed by atoms with Crippen LogP contribution >= 0.6 is 0 Å². The van der Waals surface area contributed by atoms with Gasteiger partial charge >= 0.3 is 0 Å². The van der Waals surface area contributed by atoms with Gasteiger partial charge in [-0.25, -0.2) is 4.98 Å². The molecule has 0 spiro atoms. The second-order valence-electron chi connectivity index (χ2n) is 5.45. The van der Waals surface area contributed by atoms with Crippen molar-refractivity contribution in [1.29, 1.82) is 0 Å². The maximum Gasteiger partial charge on any atom is 0.233 e. The Bertz CT molecular complexity index is 524. The normalized spacial score (nSPS) is 19.6. The molecule has 1 aliphatic rings. The van der Waals surface area contributed by atoms with Gasteiger partial charge in [-0.2, -0.15) is 4.98 Å². The smallest absolute Gasteiger partial charge is 0.233 e. The molecule has 8 nitrogen and oxygen atoms in total. The third-order valence-corrected chi connectivity index (χ3v) is 3.61. The number of likely N-dealkylation sites (N-methyl/N-ethyl adjacent to an activating group) is 1. The van der Waals surface area contributed by atoms with Gasteiger partial charge in [-0.15, -0.1) is 0 Å². The number of aryl methyl sites for hydroxylation is 1. The summed E-state index contributed by atoms with van der Waals surface area (Å²) in [5, 5.41) is 15.8. The first-order valence-corrected chi connectivity index (χ1v) is 7.41. The Morgan fingerprint density at radius 1 is 1.36 bits per heavy atom. The molecule has 2 heterocycles. The van der Waals surface area contributed by atoms with Crippen LogP contribution in [0.4, 0.5) is 11.8 Å². The van der Waals surface area contributed by atoms with Gasteiger partial charge in [-0.1, -0.05) is 0 Å². The molecule has 22 heavy (non-hydrogen) atoms. The zero-order valence-corrected chi connectivity index (χ0v) is 13.3. The number of nitrogens with one attached hydrogen (secondary N) is 2. The highest BCUT2D eigenvalue weighted by molar-refractivity contribution is 5.77. The standard InChI is InChI=1S/C14H24N6O2/c1-10-6-12(15-2)18-14(17-10)20-5-4-19(7-11(21)8-20)9-13(22)16-3/h6,11,21H,4-5,7-9H2,1-3H3,(H,16,22)(H,15,17,18)/t11-/m0/s1. The second-order valence-corrected chi connectivity index (χ2v) is 5.45. The predicted octanol–water partition coefficient (Wildman–Crippen LogP) is -0.944. The van der Waals surface area contributed by atoms with Crippen LogP contribution < -0.4 is 15.5 Å². The number of rotatable bonds is 4. The van der Waals surface area contributed by atoms with Gasteiger partial charge in [0.1, 0.15) is 5.82 Å². The molecule has 0 radical (unpaired) electrons. The van der Waals surface area contributed by atoms with E-state index in [1.165, 1.54) is 0 Å². The molecule has 0 aliphatic carbocycles. The zero-order chi connectivity index (χ0) is 16.1. The SMILES string of the molecule is CNC(=O)CN1CCN(c2nc(C)cc(NC)n2)C[C@@H](O)C1. The quantitative estimate of drug-likeness (QED) is 0.660. The molecule has 122 valence electrons. The molecule has 1 aliphatic heterocycles. The fourth-order valence-electron chi connectivity index (χ4n) is 2.48. The van der Waals surface area contributed by atoms with Gasteiger partial charge in [0.05, 0.1) is 12.6 Å². The molecule has 1 atom stereocenters. The molecule has 1 fully saturated rings. The summed E-state index contributed by atoms with van der Waals surface area (Å²) in [7, 11) is 3.43. The Kier molecular flexibility index (Phi) is 5.51. The summed E-state index contributed by atoms with van der Waals surface area (Å²) in [6.07, 6.45) is -0.547. The summed E-state index contributed by atoms with van der Waals surface area (Å²) >= 11 is 0. The van der Waals surface area contributed by atoms with Crippen LogP contribution in [-0.2, 0) is 4.79 Å². The lowest BCUT2D eigenvalue weighted by Gasteiger charge is -2.22. The van der Waals surface area contributed by atoms with Crippen molar-refractivity contribution >= 4 is 17.7 Å². The number of nitrogens with zero attached hydrogens (tertiary/aromatic N) is 4. The number of carbonyl (C=O) groups excluding carboxylic acids is 1. The van der Waals surface area contributed by atoms with Crippen LogP contribution in [0, 0.1) is 6.92 Å². The highest BCUT2D eigenvalue weighted by Crippen LogP contribution is 2.15. The van der Waals surface area contributed by atoms with E-state index in [9.17, 15) is 9.90 Å². The van der Waals surface area contributed by atoms with Crippen molar-refractivity contribution in [1.82, 2.24) is 20.2 Å². The van der Waals surface area contributed by atoms with Crippen molar-refractivity contribution in [2.45, 2.75) is 13.0 Å². The molecule has 0 aromatic carbocycles. The lowest BCUT2D eigenvalue weighted by molar-refractivity contribution is -0.121. The Morgan fingerprint density at radius 2 is 2.14 bits per heavy atom. The third-order valence-electron chi connectivity index (χ3n) is 3.61. The van der Waals surface area contributed by atoms with E-state index in [0.717, 1.165) is 11.5 Å². The van der Waals surface area contributed by atoms with Crippen molar-refractivity contribution in [3.05, 3.63) is 11.8 Å². The third kappa shape index (κ3) is 4.28. The van der Waals surface area contributed by atoms with E-state index in [4.69, 9.17) is 0 Å². The first-order chi connectivity index (χ1) is 10.5. The average Bonchev–Trinajstić information content (AvgIpc) is 2.67. The molecular weight excluding hydrogens is 284 g/mol. The zero-order valence-electron chi connectivity index (χ0n) is 13.3. The molecule has 2 rings (SSSR count). The molecule has 1 amide bonds. The topological polar surface area (TPSA) is 93.6 Å². The highest BCUT2D eigenvalue weighted by Gasteiger charge is 2.24.